The molecule has 0 saturated carbocycles. The molecule has 0 unspecified atom stereocenters. The monoisotopic (exact) mass is 462 g/mol. The quantitative estimate of drug-likeness (QED) is 0.510. The average Bonchev–Trinajstić information content (AvgIpc) is 3.28. The molecule has 8 heteroatoms. The first kappa shape index (κ1) is 23.1. The van der Waals surface area contributed by atoms with Crippen LogP contribution in [-0.2, 0) is 11.3 Å². The maximum absolute atomic E-state index is 12.8. The lowest BCUT2D eigenvalue weighted by Gasteiger charge is -2.29. The van der Waals surface area contributed by atoms with E-state index in [4.69, 9.17) is 13.9 Å². The Bertz CT molecular complexity index is 1210. The Morgan fingerprint density at radius 1 is 1.09 bits per heavy atom. The van der Waals surface area contributed by atoms with E-state index in [2.05, 4.69) is 5.32 Å². The molecule has 1 N–H and O–H groups in total. The van der Waals surface area contributed by atoms with Gasteiger partial charge in [-0.3, -0.25) is 19.3 Å². The molecule has 1 aliphatic rings. The molecule has 0 fully saturated rings. The maximum Gasteiger partial charge on any atom is 0.287 e. The number of nitrogens with zero attached hydrogens (tertiary/aromatic N) is 1. The number of Topliss-reactive ketones (excluding diaryl/α,β-unsaturated/α-hetero) is 1. The van der Waals surface area contributed by atoms with Crippen molar-refractivity contribution in [1.29, 1.82) is 0 Å². The second-order valence-corrected chi connectivity index (χ2v) is 8.37. The van der Waals surface area contributed by atoms with Crippen molar-refractivity contribution in [2.45, 2.75) is 33.4 Å². The highest BCUT2D eigenvalue weighted by Crippen LogP contribution is 2.34. The molecular formula is C26H26N2O6. The number of hydrogen-bond acceptors (Lipinski definition) is 6. The van der Waals surface area contributed by atoms with Gasteiger partial charge in [-0.1, -0.05) is 17.7 Å². The van der Waals surface area contributed by atoms with E-state index < -0.39 is 0 Å². The Morgan fingerprint density at radius 2 is 1.85 bits per heavy atom. The van der Waals surface area contributed by atoms with Gasteiger partial charge >= 0.3 is 0 Å². The normalized spacial score (nSPS) is 12.8. The third kappa shape index (κ3) is 5.28. The van der Waals surface area contributed by atoms with Crippen molar-refractivity contribution in [3.05, 3.63) is 77.2 Å². The smallest absolute Gasteiger partial charge is 0.287 e. The van der Waals surface area contributed by atoms with Crippen LogP contribution in [0.25, 0.3) is 0 Å². The number of benzene rings is 2. The third-order valence-electron chi connectivity index (χ3n) is 5.23. The molecule has 176 valence electrons. The number of carbonyl (C=O) groups excluding carboxylic acids is 3. The van der Waals surface area contributed by atoms with Gasteiger partial charge < -0.3 is 19.2 Å². The Balaban J connectivity index is 1.50. The highest BCUT2D eigenvalue weighted by Gasteiger charge is 2.28. The zero-order valence-corrected chi connectivity index (χ0v) is 19.3. The standard InChI is InChI=1S/C26H26N2O6/c1-16(2)27-26(31)24-11-9-20(34-24)13-28-21-12-18(6-10-23(21)33-15-25(28)30)22(29)14-32-19-7-4-17(3)5-8-19/h4-12,16H,13-15H2,1-3H3,(H,27,31). The fourth-order valence-corrected chi connectivity index (χ4v) is 3.49. The van der Waals surface area contributed by atoms with Gasteiger partial charge in [-0.15, -0.1) is 0 Å². The van der Waals surface area contributed by atoms with Crippen LogP contribution in [0.15, 0.2) is 59.0 Å². The number of nitrogens with one attached hydrogen (secondary N) is 1. The molecule has 1 aromatic heterocycles. The fourth-order valence-electron chi connectivity index (χ4n) is 3.49. The summed E-state index contributed by atoms with van der Waals surface area (Å²) in [5, 5.41) is 2.76. The first-order chi connectivity index (χ1) is 16.3. The van der Waals surface area contributed by atoms with Gasteiger partial charge in [0, 0.05) is 11.6 Å². The highest BCUT2D eigenvalue weighted by atomic mass is 16.5. The Hall–Kier alpha value is -4.07. The largest absolute Gasteiger partial charge is 0.485 e. The highest BCUT2D eigenvalue weighted by molar-refractivity contribution is 6.02. The molecule has 0 atom stereocenters. The summed E-state index contributed by atoms with van der Waals surface area (Å²) in [6.07, 6.45) is 0. The van der Waals surface area contributed by atoms with Crippen molar-refractivity contribution in [3.8, 4) is 11.5 Å². The zero-order chi connectivity index (χ0) is 24.2. The predicted octanol–water partition coefficient (Wildman–Crippen LogP) is 3.91. The molecule has 0 aliphatic carbocycles. The second-order valence-electron chi connectivity index (χ2n) is 8.37. The molecule has 4 rings (SSSR count). The zero-order valence-electron chi connectivity index (χ0n) is 19.3. The van der Waals surface area contributed by atoms with Crippen LogP contribution in [0.4, 0.5) is 5.69 Å². The summed E-state index contributed by atoms with van der Waals surface area (Å²) in [7, 11) is 0. The van der Waals surface area contributed by atoms with Crippen molar-refractivity contribution in [3.63, 3.8) is 0 Å². The number of fused-ring (bicyclic) bond motifs is 1. The van der Waals surface area contributed by atoms with Crippen LogP contribution in [0.5, 0.6) is 11.5 Å². The van der Waals surface area contributed by atoms with Gasteiger partial charge in [0.2, 0.25) is 0 Å². The molecule has 0 bridgehead atoms. The number of rotatable bonds is 8. The van der Waals surface area contributed by atoms with Crippen molar-refractivity contribution in [2.75, 3.05) is 18.1 Å². The molecule has 3 aromatic rings. The molecular weight excluding hydrogens is 436 g/mol. The van der Waals surface area contributed by atoms with Crippen molar-refractivity contribution in [1.82, 2.24) is 5.32 Å². The number of amides is 2. The summed E-state index contributed by atoms with van der Waals surface area (Å²) < 4.78 is 16.8. The molecule has 2 heterocycles. The number of furan rings is 1. The third-order valence-corrected chi connectivity index (χ3v) is 5.23. The number of ether oxygens (including phenoxy) is 2. The molecule has 2 amide bonds. The number of carbonyl (C=O) groups is 3. The summed E-state index contributed by atoms with van der Waals surface area (Å²) >= 11 is 0. The van der Waals surface area contributed by atoms with E-state index in [9.17, 15) is 14.4 Å². The molecule has 8 nitrogen and oxygen atoms in total. The van der Waals surface area contributed by atoms with Crippen LogP contribution in [0.1, 0.15) is 46.1 Å². The van der Waals surface area contributed by atoms with Crippen LogP contribution in [0, 0.1) is 6.92 Å². The lowest BCUT2D eigenvalue weighted by molar-refractivity contribution is -0.121. The number of hydrogen-bond donors (Lipinski definition) is 1. The second kappa shape index (κ2) is 9.82. The fraction of sp³-hybridized carbons (Fsp3) is 0.269. The van der Waals surface area contributed by atoms with E-state index in [0.29, 0.717) is 28.5 Å². The van der Waals surface area contributed by atoms with E-state index in [1.54, 1.807) is 30.3 Å². The Labute approximate surface area is 197 Å². The van der Waals surface area contributed by atoms with Crippen molar-refractivity contribution < 1.29 is 28.3 Å². The van der Waals surface area contributed by atoms with Gasteiger partial charge in [0.25, 0.3) is 11.8 Å². The number of aryl methyl sites for hydroxylation is 1. The van der Waals surface area contributed by atoms with E-state index in [1.807, 2.05) is 45.0 Å². The van der Waals surface area contributed by atoms with E-state index >= 15 is 0 Å². The lowest BCUT2D eigenvalue weighted by Crippen LogP contribution is -2.38. The molecule has 34 heavy (non-hydrogen) atoms. The number of ketones is 1. The topological polar surface area (TPSA) is 98.1 Å². The van der Waals surface area contributed by atoms with Crippen molar-refractivity contribution >= 4 is 23.3 Å². The van der Waals surface area contributed by atoms with E-state index in [-0.39, 0.29) is 49.2 Å². The Kier molecular flexibility index (Phi) is 6.67. The van der Waals surface area contributed by atoms with Crippen LogP contribution in [0.2, 0.25) is 0 Å². The molecule has 1 aliphatic heterocycles. The summed E-state index contributed by atoms with van der Waals surface area (Å²) in [6, 6.07) is 15.6. The minimum atomic E-state index is -0.323. The maximum atomic E-state index is 12.8. The summed E-state index contributed by atoms with van der Waals surface area (Å²) in [5.41, 5.74) is 1.95. The van der Waals surface area contributed by atoms with Gasteiger partial charge in [-0.05, 0) is 63.2 Å². The van der Waals surface area contributed by atoms with Crippen LogP contribution in [0.3, 0.4) is 0 Å². The van der Waals surface area contributed by atoms with Crippen molar-refractivity contribution in [2.24, 2.45) is 0 Å². The van der Waals surface area contributed by atoms with E-state index in [0.717, 1.165) is 5.56 Å². The number of anilines is 1. The van der Waals surface area contributed by atoms with Gasteiger partial charge in [-0.25, -0.2) is 0 Å². The van der Waals surface area contributed by atoms with Crippen LogP contribution in [-0.4, -0.2) is 36.9 Å². The van der Waals surface area contributed by atoms with Crippen LogP contribution < -0.4 is 19.7 Å². The average molecular weight is 463 g/mol. The molecule has 0 radical (unpaired) electrons. The predicted molar refractivity (Wildman–Crippen MR) is 125 cm³/mol. The van der Waals surface area contributed by atoms with Gasteiger partial charge in [-0.2, -0.15) is 0 Å². The minimum Gasteiger partial charge on any atom is -0.485 e. The first-order valence-electron chi connectivity index (χ1n) is 11.0. The SMILES string of the molecule is Cc1ccc(OCC(=O)c2ccc3c(c2)N(Cc2ccc(C(=O)NC(C)C)o2)C(=O)CO3)cc1. The minimum absolute atomic E-state index is 0.0281. The molecule has 0 saturated heterocycles. The molecule has 0 spiro atoms. The molecule has 2 aromatic carbocycles. The summed E-state index contributed by atoms with van der Waals surface area (Å²) in [6.45, 7) is 5.52. The Morgan fingerprint density at radius 3 is 2.59 bits per heavy atom. The van der Waals surface area contributed by atoms with Gasteiger partial charge in [0.05, 0.1) is 12.2 Å². The summed E-state index contributed by atoms with van der Waals surface area (Å²) in [4.78, 5) is 39.0. The van der Waals surface area contributed by atoms with Gasteiger partial charge in [0.15, 0.2) is 24.8 Å². The van der Waals surface area contributed by atoms with Gasteiger partial charge in [0.1, 0.15) is 17.3 Å². The van der Waals surface area contributed by atoms with E-state index in [1.165, 1.54) is 4.90 Å². The lowest BCUT2D eigenvalue weighted by atomic mass is 10.1. The first-order valence-corrected chi connectivity index (χ1v) is 11.0. The van der Waals surface area contributed by atoms with Crippen LogP contribution >= 0.6 is 0 Å². The summed E-state index contributed by atoms with van der Waals surface area (Å²) in [5.74, 6) is 0.865.